The number of rotatable bonds is 7. The molecule has 3 rings (SSSR count). The van der Waals surface area contributed by atoms with Crippen molar-refractivity contribution in [2.75, 3.05) is 17.7 Å². The molecule has 0 unspecified atom stereocenters. The summed E-state index contributed by atoms with van der Waals surface area (Å²) in [6, 6.07) is 11.4. The fourth-order valence-corrected chi connectivity index (χ4v) is 2.66. The summed E-state index contributed by atoms with van der Waals surface area (Å²) in [6.07, 6.45) is 4.45. The lowest BCUT2D eigenvalue weighted by molar-refractivity contribution is 0.417. The van der Waals surface area contributed by atoms with Crippen LogP contribution >= 0.6 is 11.6 Å². The Hall–Kier alpha value is -2.86. The van der Waals surface area contributed by atoms with E-state index in [1.165, 1.54) is 0 Å². The molecule has 0 aliphatic carbocycles. The SMILES string of the molecule is CC[C@@H](C)Nc1nc(Nc2cc(Cl)ccc2OC)cc(-c2ccncc2)n1. The summed E-state index contributed by atoms with van der Waals surface area (Å²) in [4.78, 5) is 13.3. The molecule has 3 aromatic rings. The molecule has 1 atom stereocenters. The van der Waals surface area contributed by atoms with Crippen LogP contribution in [0.1, 0.15) is 20.3 Å². The third kappa shape index (κ3) is 4.86. The number of pyridine rings is 1. The molecule has 0 saturated carbocycles. The molecule has 0 fully saturated rings. The Bertz CT molecular complexity index is 904. The van der Waals surface area contributed by atoms with Crippen molar-refractivity contribution in [2.24, 2.45) is 0 Å². The maximum absolute atomic E-state index is 6.14. The first-order valence-electron chi connectivity index (χ1n) is 8.75. The Kier molecular flexibility index (Phi) is 6.08. The number of ether oxygens (including phenoxy) is 1. The number of hydrogen-bond donors (Lipinski definition) is 2. The van der Waals surface area contributed by atoms with Crippen LogP contribution in [0.5, 0.6) is 5.75 Å². The van der Waals surface area contributed by atoms with Crippen molar-refractivity contribution in [1.82, 2.24) is 15.0 Å². The normalized spacial score (nSPS) is 11.7. The van der Waals surface area contributed by atoms with Crippen LogP contribution in [0, 0.1) is 0 Å². The van der Waals surface area contributed by atoms with E-state index in [2.05, 4.69) is 39.4 Å². The van der Waals surface area contributed by atoms with Gasteiger partial charge < -0.3 is 15.4 Å². The topological polar surface area (TPSA) is 72.0 Å². The number of halogens is 1. The Morgan fingerprint density at radius 1 is 1.11 bits per heavy atom. The van der Waals surface area contributed by atoms with E-state index in [-0.39, 0.29) is 6.04 Å². The van der Waals surface area contributed by atoms with E-state index in [1.54, 1.807) is 31.6 Å². The Labute approximate surface area is 164 Å². The highest BCUT2D eigenvalue weighted by Crippen LogP contribution is 2.31. The van der Waals surface area contributed by atoms with Gasteiger partial charge in [-0.25, -0.2) is 4.98 Å². The van der Waals surface area contributed by atoms with Crippen molar-refractivity contribution in [2.45, 2.75) is 26.3 Å². The van der Waals surface area contributed by atoms with Gasteiger partial charge in [-0.2, -0.15) is 4.98 Å². The van der Waals surface area contributed by atoms with Crippen LogP contribution in [0.3, 0.4) is 0 Å². The smallest absolute Gasteiger partial charge is 0.225 e. The first-order chi connectivity index (χ1) is 13.1. The summed E-state index contributed by atoms with van der Waals surface area (Å²) >= 11 is 6.14. The summed E-state index contributed by atoms with van der Waals surface area (Å²) in [7, 11) is 1.62. The second-order valence-electron chi connectivity index (χ2n) is 6.12. The maximum Gasteiger partial charge on any atom is 0.225 e. The quantitative estimate of drug-likeness (QED) is 0.587. The third-order valence-corrected chi connectivity index (χ3v) is 4.35. The van der Waals surface area contributed by atoms with E-state index in [0.29, 0.717) is 22.5 Å². The van der Waals surface area contributed by atoms with Crippen LogP contribution < -0.4 is 15.4 Å². The zero-order valence-corrected chi connectivity index (χ0v) is 16.3. The van der Waals surface area contributed by atoms with Crippen LogP contribution in [0.25, 0.3) is 11.3 Å². The molecule has 1 aromatic carbocycles. The number of anilines is 3. The largest absolute Gasteiger partial charge is 0.495 e. The van der Waals surface area contributed by atoms with Crippen LogP contribution in [0.2, 0.25) is 5.02 Å². The van der Waals surface area contributed by atoms with E-state index in [0.717, 1.165) is 23.4 Å². The van der Waals surface area contributed by atoms with Crippen LogP contribution in [-0.2, 0) is 0 Å². The van der Waals surface area contributed by atoms with E-state index in [1.807, 2.05) is 24.3 Å². The van der Waals surface area contributed by atoms with E-state index < -0.39 is 0 Å². The molecule has 0 bridgehead atoms. The Morgan fingerprint density at radius 2 is 1.89 bits per heavy atom. The van der Waals surface area contributed by atoms with Crippen molar-refractivity contribution in [3.05, 3.63) is 53.8 Å². The van der Waals surface area contributed by atoms with Gasteiger partial charge in [-0.15, -0.1) is 0 Å². The average Bonchev–Trinajstić information content (AvgIpc) is 2.68. The molecule has 0 aliphatic rings. The zero-order chi connectivity index (χ0) is 19.2. The fourth-order valence-electron chi connectivity index (χ4n) is 2.48. The molecule has 2 aromatic heterocycles. The van der Waals surface area contributed by atoms with Gasteiger partial charge in [0.05, 0.1) is 18.5 Å². The molecular formula is C20H22ClN5O. The molecule has 2 N–H and O–H groups in total. The molecule has 7 heteroatoms. The van der Waals surface area contributed by atoms with Crippen molar-refractivity contribution >= 4 is 29.1 Å². The van der Waals surface area contributed by atoms with Crippen molar-refractivity contribution in [3.8, 4) is 17.0 Å². The molecule has 0 amide bonds. The third-order valence-electron chi connectivity index (χ3n) is 4.11. The lowest BCUT2D eigenvalue weighted by Gasteiger charge is -2.15. The summed E-state index contributed by atoms with van der Waals surface area (Å²) in [5, 5.41) is 7.23. The van der Waals surface area contributed by atoms with Gasteiger partial charge in [0.1, 0.15) is 11.6 Å². The first-order valence-corrected chi connectivity index (χ1v) is 9.13. The molecule has 2 heterocycles. The predicted octanol–water partition coefficient (Wildman–Crippen LogP) is 5.15. The van der Waals surface area contributed by atoms with Gasteiger partial charge in [-0.05, 0) is 43.7 Å². The molecule has 0 radical (unpaired) electrons. The number of aromatic nitrogens is 3. The summed E-state index contributed by atoms with van der Waals surface area (Å²) in [6.45, 7) is 4.20. The van der Waals surface area contributed by atoms with Gasteiger partial charge in [0.2, 0.25) is 5.95 Å². The molecule has 0 spiro atoms. The van der Waals surface area contributed by atoms with Gasteiger partial charge in [0, 0.05) is 35.1 Å². The van der Waals surface area contributed by atoms with Crippen molar-refractivity contribution < 1.29 is 4.74 Å². The van der Waals surface area contributed by atoms with Gasteiger partial charge in [-0.3, -0.25) is 4.98 Å². The summed E-state index contributed by atoms with van der Waals surface area (Å²) in [5.74, 6) is 1.88. The second kappa shape index (κ2) is 8.68. The average molecular weight is 384 g/mol. The molecular weight excluding hydrogens is 362 g/mol. The summed E-state index contributed by atoms with van der Waals surface area (Å²) < 4.78 is 5.41. The van der Waals surface area contributed by atoms with Gasteiger partial charge in [0.15, 0.2) is 0 Å². The summed E-state index contributed by atoms with van der Waals surface area (Å²) in [5.41, 5.74) is 2.49. The highest BCUT2D eigenvalue weighted by Gasteiger charge is 2.11. The Morgan fingerprint density at radius 3 is 2.59 bits per heavy atom. The highest BCUT2D eigenvalue weighted by atomic mass is 35.5. The van der Waals surface area contributed by atoms with Gasteiger partial charge >= 0.3 is 0 Å². The maximum atomic E-state index is 6.14. The van der Waals surface area contributed by atoms with Crippen LogP contribution in [0.4, 0.5) is 17.5 Å². The number of hydrogen-bond acceptors (Lipinski definition) is 6. The highest BCUT2D eigenvalue weighted by molar-refractivity contribution is 6.31. The van der Waals surface area contributed by atoms with Crippen LogP contribution in [-0.4, -0.2) is 28.1 Å². The number of nitrogens with zero attached hydrogens (tertiary/aromatic N) is 3. The monoisotopic (exact) mass is 383 g/mol. The minimum absolute atomic E-state index is 0.256. The number of benzene rings is 1. The zero-order valence-electron chi connectivity index (χ0n) is 15.5. The van der Waals surface area contributed by atoms with E-state index in [9.17, 15) is 0 Å². The molecule has 140 valence electrons. The van der Waals surface area contributed by atoms with Gasteiger partial charge in [0.25, 0.3) is 0 Å². The standard InChI is InChI=1S/C20H22ClN5O/c1-4-13(2)23-20-25-16(14-7-9-22-10-8-14)12-19(26-20)24-17-11-15(21)5-6-18(17)27-3/h5-13H,4H2,1-3H3,(H2,23,24,25,26)/t13-/m1/s1. The fraction of sp³-hybridized carbons (Fsp3) is 0.250. The lowest BCUT2D eigenvalue weighted by Crippen LogP contribution is -2.16. The Balaban J connectivity index is 2.01. The van der Waals surface area contributed by atoms with E-state index in [4.69, 9.17) is 16.3 Å². The molecule has 0 aliphatic heterocycles. The minimum Gasteiger partial charge on any atom is -0.495 e. The molecule has 27 heavy (non-hydrogen) atoms. The van der Waals surface area contributed by atoms with Gasteiger partial charge in [-0.1, -0.05) is 18.5 Å². The van der Waals surface area contributed by atoms with E-state index >= 15 is 0 Å². The first kappa shape index (κ1) is 18.9. The number of methoxy groups -OCH3 is 1. The van der Waals surface area contributed by atoms with Crippen LogP contribution in [0.15, 0.2) is 48.8 Å². The minimum atomic E-state index is 0.256. The second-order valence-corrected chi connectivity index (χ2v) is 6.56. The molecule has 0 saturated heterocycles. The van der Waals surface area contributed by atoms with Crippen molar-refractivity contribution in [1.29, 1.82) is 0 Å². The number of nitrogens with one attached hydrogen (secondary N) is 2. The van der Waals surface area contributed by atoms with Crippen molar-refractivity contribution in [3.63, 3.8) is 0 Å². The lowest BCUT2D eigenvalue weighted by atomic mass is 10.2. The molecule has 6 nitrogen and oxygen atoms in total. The predicted molar refractivity (Wildman–Crippen MR) is 110 cm³/mol.